The largest absolute Gasteiger partial charge is 0.412 e. The molecule has 0 aromatic heterocycles. The van der Waals surface area contributed by atoms with Crippen molar-refractivity contribution in [1.82, 2.24) is 0 Å². The maximum Gasteiger partial charge on any atom is 0.206 e. The van der Waals surface area contributed by atoms with E-state index in [4.69, 9.17) is 12.2 Å². The van der Waals surface area contributed by atoms with Gasteiger partial charge < -0.3 is 5.48 Å². The van der Waals surface area contributed by atoms with Crippen molar-refractivity contribution in [3.05, 3.63) is 0 Å². The first-order valence-electron chi connectivity index (χ1n) is 2.79. The van der Waals surface area contributed by atoms with Crippen LogP contribution in [0.2, 0.25) is 0 Å². The lowest BCUT2D eigenvalue weighted by Crippen LogP contribution is -1.10. The Hall–Kier alpha value is -0.550. The van der Waals surface area contributed by atoms with E-state index in [2.05, 4.69) is 5.48 Å². The summed E-state index contributed by atoms with van der Waals surface area (Å²) < 4.78 is 29.2. The van der Waals surface area contributed by atoms with E-state index in [1.165, 1.54) is 0 Å². The van der Waals surface area contributed by atoms with Crippen molar-refractivity contribution in [1.29, 1.82) is 8.12 Å². The molecule has 0 aliphatic heterocycles. The van der Waals surface area contributed by atoms with Gasteiger partial charge >= 0.3 is 0 Å². The Labute approximate surface area is 32.2 Å². The molecule has 0 rings (SSSR count). The molecule has 2 nitrogen and oxygen atoms in total. The average Bonchev–Trinajstić information content (AvgIpc) is 1.67. The molecule has 2 N–H and O–H groups in total. The molecular weight excluding hydrogens is 54.0 g/mol. The van der Waals surface area contributed by atoms with Crippen LogP contribution in [0.5, 0.6) is 0 Å². The first-order valence-corrected chi connectivity index (χ1v) is 0.474. The van der Waals surface area contributed by atoms with Crippen molar-refractivity contribution < 1.29 is 9.59 Å². The van der Waals surface area contributed by atoms with E-state index in [0.717, 1.165) is 6.07 Å². The van der Waals surface area contributed by atoms with Gasteiger partial charge in [0.2, 0.25) is 2.86 Å². The number of rotatable bonds is 0. The van der Waals surface area contributed by atoms with Gasteiger partial charge in [-0.25, -0.2) is 0 Å². The third-order valence-corrected chi connectivity index (χ3v) is 0. The first-order chi connectivity index (χ1) is 3.97. The second-order valence-electron chi connectivity index (χ2n) is 0.112. The van der Waals surface area contributed by atoms with Crippen LogP contribution in [0.3, 0.4) is 0 Å². The lowest BCUT2D eigenvalue weighted by atomic mass is 11.0. The van der Waals surface area contributed by atoms with E-state index >= 15 is 0 Å². The maximum absolute atomic E-state index is 7.59. The van der Waals surface area contributed by atoms with Gasteiger partial charge in [-0.3, -0.25) is 0 Å². The van der Waals surface area contributed by atoms with Crippen LogP contribution in [-0.2, 0) is 0 Å². The molecule has 0 aromatic rings. The van der Waals surface area contributed by atoms with Crippen LogP contribution in [0, 0.1) is 11.3 Å². The summed E-state index contributed by atoms with van der Waals surface area (Å²) in [5.41, 5.74) is 2.75. The summed E-state index contributed by atoms with van der Waals surface area (Å²) in [6.07, 6.45) is 0. The molecule has 24 valence electrons. The van der Waals surface area contributed by atoms with Crippen molar-refractivity contribution in [2.75, 3.05) is 0 Å². The van der Waals surface area contributed by atoms with E-state index in [-0.39, 0.29) is 0 Å². The summed E-state index contributed by atoms with van der Waals surface area (Å²) in [4.78, 5) is 0. The molecule has 0 radical (unpaired) electrons. The molecule has 0 spiro atoms. The molecule has 2 heteroatoms. The zero-order valence-corrected chi connectivity index (χ0v) is 1.86. The van der Waals surface area contributed by atoms with Crippen LogP contribution in [0.1, 0.15) is 11.0 Å². The van der Waals surface area contributed by atoms with Crippen LogP contribution >= 0.6 is 0 Å². The summed E-state index contributed by atoms with van der Waals surface area (Å²) in [5, 5.41) is 7.59. The van der Waals surface area contributed by atoms with Crippen LogP contribution in [0.15, 0.2) is 0 Å². The molecule has 0 aliphatic carbocycles. The quantitative estimate of drug-likeness (QED) is 0.381. The van der Waals surface area contributed by atoms with E-state index in [1.807, 2.05) is 0 Å². The number of nitrogens with zero attached hydrogens (tertiary/aromatic N) is 1. The van der Waals surface area contributed by atoms with Crippen molar-refractivity contribution in [3.8, 4) is 6.07 Å². The van der Waals surface area contributed by atoms with E-state index < -0.39 is 6.85 Å². The molecule has 0 unspecified atom stereocenters. The van der Waals surface area contributed by atoms with Crippen LogP contribution < -0.4 is 0 Å². The fourth-order valence-electron chi connectivity index (χ4n) is 0. The normalized spacial score (nSPS) is 21.2. The van der Waals surface area contributed by atoms with Crippen molar-refractivity contribution in [2.45, 2.75) is 6.85 Å². The first kappa shape index (κ1) is 0.498. The SMILES string of the molecule is [2H]C([2H])([2H])C#N.[2H]O[2H]. The Kier molecular flexibility index (Phi) is 3.17. The minimum absolute atomic E-state index is 1.10. The molecule has 0 aliphatic rings. The molecule has 0 atom stereocenters. The minimum atomic E-state index is -2.40. The van der Waals surface area contributed by atoms with Gasteiger partial charge in [-0.15, -0.1) is 0 Å². The fraction of sp³-hybridized carbons (Fsp3) is 0.500. The second-order valence-corrected chi connectivity index (χ2v) is 0.112. The molecule has 0 amide bonds. The van der Waals surface area contributed by atoms with Gasteiger partial charge in [0.25, 0.3) is 0 Å². The zero-order valence-electron chi connectivity index (χ0n) is 6.86. The molecule has 0 heterocycles. The molecule has 0 saturated heterocycles. The molecule has 0 aromatic carbocycles. The van der Waals surface area contributed by atoms with Gasteiger partial charge in [-0.05, 0) is 0 Å². The smallest absolute Gasteiger partial charge is 0.206 e. The lowest BCUT2D eigenvalue weighted by Gasteiger charge is -1.15. The van der Waals surface area contributed by atoms with Gasteiger partial charge in [0.15, 0.2) is 0 Å². The van der Waals surface area contributed by atoms with Gasteiger partial charge in [-0.2, -0.15) is 5.26 Å². The predicted octanol–water partition coefficient (Wildman–Crippen LogP) is -0.295. The van der Waals surface area contributed by atoms with Crippen molar-refractivity contribution >= 4 is 0 Å². The van der Waals surface area contributed by atoms with Crippen LogP contribution in [0.4, 0.5) is 0 Å². The van der Waals surface area contributed by atoms with Gasteiger partial charge in [-0.1, -0.05) is 0 Å². The minimum Gasteiger partial charge on any atom is -0.412 e. The average molecular weight is 64.1 g/mol. The van der Waals surface area contributed by atoms with Crippen molar-refractivity contribution in [2.24, 2.45) is 0 Å². The third-order valence-electron chi connectivity index (χ3n) is 0. The number of hydrogen-bond donors (Lipinski definition) is 0. The zero-order chi connectivity index (χ0) is 7.91. The van der Waals surface area contributed by atoms with E-state index in [0.29, 0.717) is 0 Å². The molecule has 4 heavy (non-hydrogen) atoms. The fourth-order valence-corrected chi connectivity index (χ4v) is 0. The topological polar surface area (TPSA) is 55.3 Å². The van der Waals surface area contributed by atoms with E-state index in [9.17, 15) is 0 Å². The number of nitriles is 1. The lowest BCUT2D eigenvalue weighted by molar-refractivity contribution is 0.824. The monoisotopic (exact) mass is 64.1 g/mol. The van der Waals surface area contributed by atoms with Gasteiger partial charge in [0.05, 0.1) is 6.07 Å². The molecular formula is C2H5NO. The summed E-state index contributed by atoms with van der Waals surface area (Å²) in [6.45, 7) is -2.40. The Morgan fingerprint density at radius 1 is 2.75 bits per heavy atom. The van der Waals surface area contributed by atoms with Crippen LogP contribution in [0.25, 0.3) is 0 Å². The predicted molar refractivity (Wildman–Crippen MR) is 14.9 cm³/mol. The Bertz CT molecular complexity index is 92.1. The Morgan fingerprint density at radius 3 is 3.00 bits per heavy atom. The Morgan fingerprint density at radius 2 is 3.00 bits per heavy atom. The Balaban J connectivity index is 0. The maximum atomic E-state index is 7.59. The molecule has 0 bridgehead atoms. The standard InChI is InChI=1S/C2H3N.H2O/c1-2-3;/h1H3;1H2/i1D3;/hD2. The van der Waals surface area contributed by atoms with Gasteiger partial charge in [0, 0.05) is 11.0 Å². The van der Waals surface area contributed by atoms with Crippen LogP contribution in [-0.4, -0.2) is 8.34 Å². The second kappa shape index (κ2) is 25.4. The highest BCUT2D eigenvalue weighted by Gasteiger charge is 1.17. The summed E-state index contributed by atoms with van der Waals surface area (Å²) in [7, 11) is 0. The van der Waals surface area contributed by atoms with Crippen molar-refractivity contribution in [3.63, 3.8) is 0 Å². The summed E-state index contributed by atoms with van der Waals surface area (Å²) >= 11 is 0. The highest BCUT2D eigenvalue weighted by atomic mass is 16.0. The number of hydrogen-bond acceptors (Lipinski definition) is 1. The summed E-state index contributed by atoms with van der Waals surface area (Å²) in [5.74, 6) is 0. The molecule has 0 saturated carbocycles. The highest BCUT2D eigenvalue weighted by Crippen LogP contribution is 1.21. The van der Waals surface area contributed by atoms with Gasteiger partial charge in [0.1, 0.15) is 0 Å². The third kappa shape index (κ3) is 0.971. The summed E-state index contributed by atoms with van der Waals surface area (Å²) in [6, 6.07) is 1.10. The van der Waals surface area contributed by atoms with E-state index in [1.54, 1.807) is 0 Å². The highest BCUT2D eigenvalue weighted by molar-refractivity contribution is 4.51. The molecule has 0 fully saturated rings.